The Hall–Kier alpha value is -3.98. The largest absolute Gasteiger partial charge is 0.363 e. The molecular formula is C32H36F3N7O2. The zero-order valence-electron chi connectivity index (χ0n) is 24.9. The Morgan fingerprint density at radius 1 is 1.07 bits per heavy atom. The van der Waals surface area contributed by atoms with Crippen LogP contribution in [0.1, 0.15) is 75.1 Å². The van der Waals surface area contributed by atoms with Gasteiger partial charge in [-0.1, -0.05) is 18.2 Å². The SMILES string of the molecule is C[C@@H]1CCCNC(=O)Cn2c(=O)c(C3(C#N)CC3)cc3c(ncnc32)N[C@H](C)c2cccc(c2F)C(F)(F)C2CCN1CC2. The fraction of sp³-hybridized carbons (Fsp3) is 0.531. The number of fused-ring (bicyclic) bond motifs is 9. The molecule has 3 aliphatic heterocycles. The van der Waals surface area contributed by atoms with Crippen LogP contribution < -0.4 is 16.2 Å². The molecule has 1 saturated carbocycles. The van der Waals surface area contributed by atoms with Crippen LogP contribution in [0.25, 0.3) is 11.0 Å². The topological polar surface area (TPSA) is 116 Å². The highest BCUT2D eigenvalue weighted by Gasteiger charge is 2.48. The molecule has 5 heterocycles. The molecule has 1 amide bonds. The van der Waals surface area contributed by atoms with Crippen molar-refractivity contribution in [2.45, 2.75) is 82.3 Å². The number of halogens is 3. The number of hydrogen-bond donors (Lipinski definition) is 2. The predicted molar refractivity (Wildman–Crippen MR) is 159 cm³/mol. The predicted octanol–water partition coefficient (Wildman–Crippen LogP) is 4.76. The highest BCUT2D eigenvalue weighted by Crippen LogP contribution is 2.47. The van der Waals surface area contributed by atoms with E-state index in [4.69, 9.17) is 0 Å². The van der Waals surface area contributed by atoms with Gasteiger partial charge in [0, 0.05) is 29.6 Å². The van der Waals surface area contributed by atoms with Crippen LogP contribution in [-0.4, -0.2) is 51.0 Å². The van der Waals surface area contributed by atoms with E-state index in [1.807, 2.05) is 6.92 Å². The Labute approximate surface area is 253 Å². The standard InChI is InChI=1S/C32H36F3N7O2/c1-19-5-4-12-37-26(43)16-42-29-23(15-25(30(42)44)31(17-36)10-11-31)28(38-18-39-29)40-20(2)22-6-3-7-24(27(22)33)32(34,35)21-8-13-41(19)14-9-21/h3,6-7,15,18-21H,4-5,8-14,16H2,1-2H3,(H,37,43)(H,38,39,40)/t19-,20-/m1/s1. The molecule has 0 radical (unpaired) electrons. The molecule has 2 atom stereocenters. The van der Waals surface area contributed by atoms with Crippen molar-refractivity contribution < 1.29 is 18.0 Å². The summed E-state index contributed by atoms with van der Waals surface area (Å²) in [5, 5.41) is 16.3. The van der Waals surface area contributed by atoms with Gasteiger partial charge >= 0.3 is 0 Å². The van der Waals surface area contributed by atoms with Gasteiger partial charge in [0.15, 0.2) is 0 Å². The number of piperidine rings is 1. The van der Waals surface area contributed by atoms with Gasteiger partial charge in [0.1, 0.15) is 30.2 Å². The molecule has 1 aliphatic carbocycles. The number of pyridine rings is 1. The number of amides is 1. The quantitative estimate of drug-likeness (QED) is 0.410. The summed E-state index contributed by atoms with van der Waals surface area (Å²) in [7, 11) is 0. The fourth-order valence-corrected chi connectivity index (χ4v) is 6.71. The summed E-state index contributed by atoms with van der Waals surface area (Å²) in [6.07, 6.45) is 4.16. The molecule has 0 spiro atoms. The molecule has 232 valence electrons. The molecule has 12 heteroatoms. The average Bonchev–Trinajstić information content (AvgIpc) is 3.81. The third-order valence-corrected chi connectivity index (χ3v) is 9.66. The lowest BCUT2D eigenvalue weighted by molar-refractivity contribution is -0.121. The zero-order valence-corrected chi connectivity index (χ0v) is 24.9. The Morgan fingerprint density at radius 3 is 2.52 bits per heavy atom. The van der Waals surface area contributed by atoms with Crippen LogP contribution in [0.5, 0.6) is 0 Å². The molecule has 3 aromatic rings. The number of anilines is 1. The van der Waals surface area contributed by atoms with E-state index in [0.29, 0.717) is 44.3 Å². The second kappa shape index (κ2) is 11.5. The number of alkyl halides is 2. The van der Waals surface area contributed by atoms with Gasteiger partial charge in [-0.3, -0.25) is 14.2 Å². The first-order valence-electron chi connectivity index (χ1n) is 15.3. The first kappa shape index (κ1) is 30.1. The molecule has 8 bridgehead atoms. The van der Waals surface area contributed by atoms with Crippen molar-refractivity contribution in [3.63, 3.8) is 0 Å². The molecule has 2 aromatic heterocycles. The van der Waals surface area contributed by atoms with E-state index < -0.39 is 40.2 Å². The molecule has 7 rings (SSSR count). The van der Waals surface area contributed by atoms with Gasteiger partial charge in [-0.2, -0.15) is 5.26 Å². The first-order chi connectivity index (χ1) is 21.1. The average molecular weight is 608 g/mol. The first-order valence-corrected chi connectivity index (χ1v) is 15.3. The number of hydrogen-bond acceptors (Lipinski definition) is 7. The molecule has 1 aromatic carbocycles. The maximum atomic E-state index is 15.9. The molecule has 44 heavy (non-hydrogen) atoms. The number of carbonyl (C=O) groups is 1. The van der Waals surface area contributed by atoms with Crippen molar-refractivity contribution >= 4 is 22.8 Å². The molecule has 9 nitrogen and oxygen atoms in total. The van der Waals surface area contributed by atoms with Gasteiger partial charge < -0.3 is 15.5 Å². The fourth-order valence-electron chi connectivity index (χ4n) is 6.71. The van der Waals surface area contributed by atoms with E-state index in [9.17, 15) is 14.9 Å². The smallest absolute Gasteiger partial charge is 0.278 e. The van der Waals surface area contributed by atoms with Crippen LogP contribution in [0.4, 0.5) is 19.0 Å². The van der Waals surface area contributed by atoms with Crippen LogP contribution in [0.2, 0.25) is 0 Å². The Morgan fingerprint density at radius 2 is 1.82 bits per heavy atom. The Balaban J connectivity index is 1.45. The summed E-state index contributed by atoms with van der Waals surface area (Å²) in [5.41, 5.74) is -1.58. The number of rotatable bonds is 1. The van der Waals surface area contributed by atoms with Crippen LogP contribution in [0, 0.1) is 23.1 Å². The Bertz CT molecular complexity index is 1690. The maximum absolute atomic E-state index is 15.9. The number of aromatic nitrogens is 3. The van der Waals surface area contributed by atoms with Crippen molar-refractivity contribution in [2.24, 2.45) is 5.92 Å². The van der Waals surface area contributed by atoms with E-state index in [-0.39, 0.29) is 53.9 Å². The van der Waals surface area contributed by atoms with E-state index in [0.717, 1.165) is 6.42 Å². The van der Waals surface area contributed by atoms with Gasteiger partial charge in [0.25, 0.3) is 11.5 Å². The monoisotopic (exact) mass is 607 g/mol. The van der Waals surface area contributed by atoms with Crippen molar-refractivity contribution in [1.82, 2.24) is 24.8 Å². The molecule has 1 saturated heterocycles. The number of benzene rings is 1. The minimum atomic E-state index is -3.35. The number of nitrogens with zero attached hydrogens (tertiary/aromatic N) is 5. The van der Waals surface area contributed by atoms with Gasteiger partial charge in [-0.25, -0.2) is 23.1 Å². The maximum Gasteiger partial charge on any atom is 0.278 e. The third-order valence-electron chi connectivity index (χ3n) is 9.66. The Kier molecular flexibility index (Phi) is 7.86. The van der Waals surface area contributed by atoms with Crippen LogP contribution >= 0.6 is 0 Å². The van der Waals surface area contributed by atoms with Gasteiger partial charge in [-0.05, 0) is 71.5 Å². The van der Waals surface area contributed by atoms with E-state index >= 15 is 13.2 Å². The number of nitrogens with one attached hydrogen (secondary N) is 2. The minimum Gasteiger partial charge on any atom is -0.363 e. The molecule has 4 aliphatic rings. The second-order valence-electron chi connectivity index (χ2n) is 12.5. The molecule has 2 N–H and O–H groups in total. The lowest BCUT2D eigenvalue weighted by Crippen LogP contribution is -2.44. The summed E-state index contributed by atoms with van der Waals surface area (Å²) in [4.78, 5) is 37.6. The van der Waals surface area contributed by atoms with Gasteiger partial charge in [0.2, 0.25) is 5.91 Å². The van der Waals surface area contributed by atoms with Gasteiger partial charge in [0.05, 0.1) is 28.5 Å². The zero-order chi connectivity index (χ0) is 31.2. The summed E-state index contributed by atoms with van der Waals surface area (Å²) < 4.78 is 49.0. The highest BCUT2D eigenvalue weighted by atomic mass is 19.3. The number of carbonyl (C=O) groups excluding carboxylic acids is 1. The molecule has 2 fully saturated rings. The van der Waals surface area contributed by atoms with Crippen molar-refractivity contribution in [1.29, 1.82) is 5.26 Å². The second-order valence-corrected chi connectivity index (χ2v) is 12.5. The lowest BCUT2D eigenvalue weighted by Gasteiger charge is -2.39. The highest BCUT2D eigenvalue weighted by molar-refractivity contribution is 5.89. The third kappa shape index (κ3) is 5.31. The summed E-state index contributed by atoms with van der Waals surface area (Å²) in [6, 6.07) is 7.24. The minimum absolute atomic E-state index is 0.0505. The van der Waals surface area contributed by atoms with E-state index in [1.54, 1.807) is 13.0 Å². The summed E-state index contributed by atoms with van der Waals surface area (Å²) in [5.74, 6) is -5.43. The van der Waals surface area contributed by atoms with Gasteiger partial charge in [-0.15, -0.1) is 0 Å². The van der Waals surface area contributed by atoms with Crippen LogP contribution in [-0.2, 0) is 22.7 Å². The summed E-state index contributed by atoms with van der Waals surface area (Å²) in [6.45, 7) is 4.75. The van der Waals surface area contributed by atoms with Crippen LogP contribution in [0.3, 0.4) is 0 Å². The van der Waals surface area contributed by atoms with E-state index in [1.165, 1.54) is 29.1 Å². The van der Waals surface area contributed by atoms with Crippen molar-refractivity contribution in [3.8, 4) is 6.07 Å². The van der Waals surface area contributed by atoms with E-state index in [2.05, 4.69) is 31.6 Å². The normalized spacial score (nSPS) is 26.7. The summed E-state index contributed by atoms with van der Waals surface area (Å²) >= 11 is 0. The molecular weight excluding hydrogens is 571 g/mol. The molecule has 0 unspecified atom stereocenters. The van der Waals surface area contributed by atoms with Crippen LogP contribution in [0.15, 0.2) is 35.4 Å². The lowest BCUT2D eigenvalue weighted by atomic mass is 9.84. The number of nitriles is 1. The van der Waals surface area contributed by atoms with Crippen molar-refractivity contribution in [3.05, 3.63) is 63.5 Å². The van der Waals surface area contributed by atoms with Crippen molar-refractivity contribution in [2.75, 3.05) is 25.0 Å².